The Kier molecular flexibility index (Phi) is 3.46. The molecule has 0 atom stereocenters. The van der Waals surface area contributed by atoms with E-state index >= 15 is 0 Å². The minimum absolute atomic E-state index is 0.198. The summed E-state index contributed by atoms with van der Waals surface area (Å²) in [6, 6.07) is 11.0. The molecule has 0 radical (unpaired) electrons. The van der Waals surface area contributed by atoms with Crippen molar-refractivity contribution in [1.29, 1.82) is 0 Å². The van der Waals surface area contributed by atoms with Gasteiger partial charge < -0.3 is 9.72 Å². The van der Waals surface area contributed by atoms with Crippen LogP contribution in [0.1, 0.15) is 12.5 Å². The number of benzene rings is 2. The van der Waals surface area contributed by atoms with Gasteiger partial charge in [-0.15, -0.1) is 0 Å². The molecule has 114 valence electrons. The van der Waals surface area contributed by atoms with Crippen molar-refractivity contribution >= 4 is 10.9 Å². The molecule has 2 nitrogen and oxygen atoms in total. The molecule has 0 bridgehead atoms. The first-order valence-corrected chi connectivity index (χ1v) is 6.80. The maximum atomic E-state index is 12.6. The molecule has 0 aliphatic rings. The van der Waals surface area contributed by atoms with Crippen LogP contribution in [0.4, 0.5) is 13.2 Å². The third-order valence-corrected chi connectivity index (χ3v) is 3.36. The Morgan fingerprint density at radius 1 is 1.14 bits per heavy atom. The number of alkyl halides is 3. The number of nitrogens with one attached hydrogen (secondary N) is 1. The summed E-state index contributed by atoms with van der Waals surface area (Å²) in [5.41, 5.74) is 1.14. The number of hydrogen-bond acceptors (Lipinski definition) is 1. The highest BCUT2D eigenvalue weighted by Gasteiger charge is 2.30. The third kappa shape index (κ3) is 3.24. The van der Waals surface area contributed by atoms with Crippen LogP contribution >= 0.6 is 0 Å². The number of H-pyrrole nitrogens is 1. The topological polar surface area (TPSA) is 25.0 Å². The van der Waals surface area contributed by atoms with Crippen molar-refractivity contribution in [2.24, 2.45) is 0 Å². The minimum Gasteiger partial charge on any atom is -0.493 e. The fourth-order valence-corrected chi connectivity index (χ4v) is 2.23. The van der Waals surface area contributed by atoms with Gasteiger partial charge in [0.05, 0.1) is 13.5 Å². The minimum atomic E-state index is -4.37. The maximum absolute atomic E-state index is 12.6. The first-order valence-electron chi connectivity index (χ1n) is 7.30. The van der Waals surface area contributed by atoms with Crippen LogP contribution in [0.2, 0.25) is 0 Å². The van der Waals surface area contributed by atoms with Gasteiger partial charge in [0.1, 0.15) is 5.75 Å². The molecule has 3 aromatic rings. The predicted octanol–water partition coefficient (Wildman–Crippen LogP) is 4.81. The summed E-state index contributed by atoms with van der Waals surface area (Å²) < 4.78 is 51.1. The molecule has 22 heavy (non-hydrogen) atoms. The summed E-state index contributed by atoms with van der Waals surface area (Å²) >= 11 is 0. The van der Waals surface area contributed by atoms with E-state index in [0.717, 1.165) is 28.6 Å². The number of hydrogen-bond donors (Lipinski definition) is 1. The van der Waals surface area contributed by atoms with Crippen LogP contribution in [-0.2, 0) is 12.6 Å². The van der Waals surface area contributed by atoms with Crippen molar-refractivity contribution in [2.45, 2.75) is 12.6 Å². The quantitative estimate of drug-likeness (QED) is 0.735. The first-order chi connectivity index (χ1) is 10.9. The van der Waals surface area contributed by atoms with Crippen LogP contribution in [0.15, 0.2) is 54.7 Å². The average molecular weight is 306 g/mol. The Labute approximate surface area is 126 Å². The van der Waals surface area contributed by atoms with Crippen LogP contribution in [-0.4, -0.2) is 11.6 Å². The van der Waals surface area contributed by atoms with Crippen molar-refractivity contribution in [3.05, 3.63) is 65.8 Å². The number of rotatable bonds is 4. The van der Waals surface area contributed by atoms with Crippen LogP contribution in [0.25, 0.3) is 10.9 Å². The van der Waals surface area contributed by atoms with Crippen LogP contribution in [0.3, 0.4) is 0 Å². The molecule has 1 N–H and O–H groups in total. The summed E-state index contributed by atoms with van der Waals surface area (Å²) in [5, 5.41) is 0.821. The fourth-order valence-electron chi connectivity index (χ4n) is 2.23. The fraction of sp³-hybridized carbons (Fsp3) is 0.176. The largest absolute Gasteiger partial charge is 0.493 e. The molecule has 0 aliphatic carbocycles. The highest BCUT2D eigenvalue weighted by molar-refractivity contribution is 5.79. The van der Waals surface area contributed by atoms with Gasteiger partial charge in [0.25, 0.3) is 0 Å². The number of ether oxygens (including phenoxy) is 1. The molecule has 3 rings (SSSR count). The number of halogens is 3. The zero-order valence-corrected chi connectivity index (χ0v) is 11.6. The van der Waals surface area contributed by atoms with Gasteiger partial charge in [-0.1, -0.05) is 12.1 Å². The molecule has 2 aromatic carbocycles. The second-order valence-electron chi connectivity index (χ2n) is 4.94. The van der Waals surface area contributed by atoms with Crippen molar-refractivity contribution < 1.29 is 19.3 Å². The molecule has 5 heteroatoms. The van der Waals surface area contributed by atoms with Crippen LogP contribution in [0.5, 0.6) is 5.75 Å². The lowest BCUT2D eigenvalue weighted by molar-refractivity contribution is -0.137. The number of fused-ring (bicyclic) bond motifs is 1. The van der Waals surface area contributed by atoms with Gasteiger partial charge in [-0.3, -0.25) is 0 Å². The van der Waals surface area contributed by atoms with Gasteiger partial charge >= 0.3 is 6.18 Å². The highest BCUT2D eigenvalue weighted by atomic mass is 19.4. The molecule has 0 fully saturated rings. The van der Waals surface area contributed by atoms with E-state index in [4.69, 9.17) is 6.11 Å². The van der Waals surface area contributed by atoms with E-state index < -0.39 is 11.7 Å². The molecule has 0 amide bonds. The van der Waals surface area contributed by atoms with Gasteiger partial charge in [-0.2, -0.15) is 13.2 Å². The smallest absolute Gasteiger partial charge is 0.416 e. The van der Waals surface area contributed by atoms with Crippen molar-refractivity contribution in [2.75, 3.05) is 6.61 Å². The zero-order valence-electron chi connectivity index (χ0n) is 12.6. The van der Waals surface area contributed by atoms with Gasteiger partial charge in [-0.25, -0.2) is 0 Å². The lowest BCUT2D eigenvalue weighted by Gasteiger charge is -2.10. The zero-order chi connectivity index (χ0) is 16.4. The van der Waals surface area contributed by atoms with Crippen molar-refractivity contribution in [3.8, 4) is 5.75 Å². The molecule has 1 heterocycles. The van der Waals surface area contributed by atoms with Crippen molar-refractivity contribution in [1.82, 2.24) is 4.98 Å². The monoisotopic (exact) mass is 306 g/mol. The Hall–Kier alpha value is -2.43. The molecule has 0 spiro atoms. The van der Waals surface area contributed by atoms with Crippen LogP contribution in [0, 0.1) is 0 Å². The standard InChI is InChI=1S/C17H14F3NO/c18-17(19,20)14-2-1-3-15(11-14)22-9-7-12-4-5-16-13(10-12)6-8-21-16/h1-6,8,10-11,21H,7,9H2/i6D. The lowest BCUT2D eigenvalue weighted by atomic mass is 10.1. The van der Waals surface area contributed by atoms with Gasteiger partial charge in [0, 0.05) is 18.1 Å². The number of aromatic amines is 1. The Balaban J connectivity index is 1.65. The summed E-state index contributed by atoms with van der Waals surface area (Å²) in [7, 11) is 0. The molecule has 0 aliphatic heterocycles. The second-order valence-corrected chi connectivity index (χ2v) is 4.94. The summed E-state index contributed by atoms with van der Waals surface area (Å²) in [6.07, 6.45) is -2.20. The average Bonchev–Trinajstić information content (AvgIpc) is 2.88. The first kappa shape index (κ1) is 13.2. The molecule has 1 aromatic heterocycles. The SMILES string of the molecule is [2H]c1c[nH]c2ccc(CCOc3cccc(C(F)(F)F)c3)cc12. The molecular formula is C17H14F3NO. The van der Waals surface area contributed by atoms with Crippen molar-refractivity contribution in [3.63, 3.8) is 0 Å². The van der Waals surface area contributed by atoms with E-state index in [1.165, 1.54) is 12.1 Å². The predicted molar refractivity (Wildman–Crippen MR) is 78.9 cm³/mol. The summed E-state index contributed by atoms with van der Waals surface area (Å²) in [6.45, 7) is 0.268. The van der Waals surface area contributed by atoms with Gasteiger partial charge in [0.2, 0.25) is 0 Å². The van der Waals surface area contributed by atoms with E-state index in [0.29, 0.717) is 12.5 Å². The van der Waals surface area contributed by atoms with Crippen LogP contribution < -0.4 is 4.74 Å². The molecule has 0 unspecified atom stereocenters. The third-order valence-electron chi connectivity index (χ3n) is 3.36. The Morgan fingerprint density at radius 2 is 2.00 bits per heavy atom. The summed E-state index contributed by atoms with van der Waals surface area (Å²) in [5.74, 6) is 0.198. The van der Waals surface area contributed by atoms with E-state index in [9.17, 15) is 13.2 Å². The maximum Gasteiger partial charge on any atom is 0.416 e. The van der Waals surface area contributed by atoms with E-state index in [-0.39, 0.29) is 12.4 Å². The Bertz CT molecular complexity index is 826. The van der Waals surface area contributed by atoms with E-state index in [1.807, 2.05) is 18.2 Å². The van der Waals surface area contributed by atoms with Gasteiger partial charge in [-0.05, 0) is 47.3 Å². The molecule has 0 saturated heterocycles. The lowest BCUT2D eigenvalue weighted by Crippen LogP contribution is -2.06. The van der Waals surface area contributed by atoms with E-state index in [1.54, 1.807) is 6.20 Å². The normalized spacial score (nSPS) is 12.4. The summed E-state index contributed by atoms with van der Waals surface area (Å²) in [4.78, 5) is 2.99. The van der Waals surface area contributed by atoms with Gasteiger partial charge in [0.15, 0.2) is 0 Å². The molecule has 0 saturated carbocycles. The second kappa shape index (κ2) is 5.75. The van der Waals surface area contributed by atoms with E-state index in [2.05, 4.69) is 4.98 Å². The Morgan fingerprint density at radius 3 is 2.82 bits per heavy atom. The number of aromatic nitrogens is 1. The highest BCUT2D eigenvalue weighted by Crippen LogP contribution is 2.31. The molecular weight excluding hydrogens is 291 g/mol.